The van der Waals surface area contributed by atoms with Crippen molar-refractivity contribution in [2.24, 2.45) is 0 Å². The van der Waals surface area contributed by atoms with Crippen molar-refractivity contribution in [3.05, 3.63) is 4.88 Å². The number of ether oxygens (including phenoxy) is 1. The largest absolute Gasteiger partial charge is 0.480 e. The third kappa shape index (κ3) is 3.58. The van der Waals surface area contributed by atoms with Gasteiger partial charge in [-0.05, 0) is 12.8 Å². The van der Waals surface area contributed by atoms with Crippen LogP contribution in [0.1, 0.15) is 30.6 Å². The van der Waals surface area contributed by atoms with E-state index in [0.717, 1.165) is 29.3 Å². The van der Waals surface area contributed by atoms with Crippen molar-refractivity contribution >= 4 is 16.5 Å². The van der Waals surface area contributed by atoms with Gasteiger partial charge in [0.1, 0.15) is 0 Å². The predicted octanol–water partition coefficient (Wildman–Crippen LogP) is 1.61. The summed E-state index contributed by atoms with van der Waals surface area (Å²) in [4.78, 5) is 7.50. The van der Waals surface area contributed by atoms with Crippen LogP contribution >= 0.6 is 11.3 Å². The van der Waals surface area contributed by atoms with Gasteiger partial charge in [0, 0.05) is 26.7 Å². The lowest BCUT2D eigenvalue weighted by Gasteiger charge is -2.28. The number of anilines is 1. The molecule has 1 saturated carbocycles. The number of thiazole rings is 1. The quantitative estimate of drug-likeness (QED) is 0.861. The summed E-state index contributed by atoms with van der Waals surface area (Å²) >= 11 is 1.63. The number of rotatable bonds is 5. The summed E-state index contributed by atoms with van der Waals surface area (Å²) in [5, 5.41) is 14.3. The molecule has 2 rings (SSSR count). The number of nitrogens with one attached hydrogen (secondary N) is 1. The number of aromatic nitrogens is 1. The predicted molar refractivity (Wildman–Crippen MR) is 78.1 cm³/mol. The van der Waals surface area contributed by atoms with E-state index in [1.807, 2.05) is 19.0 Å². The summed E-state index contributed by atoms with van der Waals surface area (Å²) in [5.74, 6) is 0.687. The Bertz CT molecular complexity index is 409. The molecule has 1 aromatic heterocycles. The van der Waals surface area contributed by atoms with Crippen LogP contribution in [0.5, 0.6) is 5.88 Å². The lowest BCUT2D eigenvalue weighted by atomic mass is 9.92. The van der Waals surface area contributed by atoms with Gasteiger partial charge in [0.05, 0.1) is 18.1 Å². The van der Waals surface area contributed by atoms with E-state index in [0.29, 0.717) is 12.4 Å². The van der Waals surface area contributed by atoms with E-state index in [4.69, 9.17) is 4.74 Å². The van der Waals surface area contributed by atoms with Crippen molar-refractivity contribution in [1.82, 2.24) is 10.3 Å². The molecule has 2 unspecified atom stereocenters. The van der Waals surface area contributed by atoms with E-state index in [1.54, 1.807) is 18.4 Å². The van der Waals surface area contributed by atoms with Gasteiger partial charge in [-0.2, -0.15) is 4.98 Å². The van der Waals surface area contributed by atoms with Crippen molar-refractivity contribution in [2.75, 3.05) is 26.1 Å². The maximum absolute atomic E-state index is 9.95. The van der Waals surface area contributed by atoms with Crippen LogP contribution in [-0.2, 0) is 6.54 Å². The SMILES string of the molecule is COc1nc(N(C)C)sc1CNC1CCCCC1O. The van der Waals surface area contributed by atoms with Crippen LogP contribution in [0.4, 0.5) is 5.13 Å². The zero-order chi connectivity index (χ0) is 13.8. The third-order valence-electron chi connectivity index (χ3n) is 3.48. The fourth-order valence-corrected chi connectivity index (χ4v) is 3.26. The highest BCUT2D eigenvalue weighted by Crippen LogP contribution is 2.30. The number of aliphatic hydroxyl groups excluding tert-OH is 1. The minimum absolute atomic E-state index is 0.198. The van der Waals surface area contributed by atoms with Gasteiger partial charge in [0.25, 0.3) is 0 Å². The molecular formula is C13H23N3O2S. The molecule has 0 aliphatic heterocycles. The van der Waals surface area contributed by atoms with E-state index < -0.39 is 0 Å². The van der Waals surface area contributed by atoms with Crippen molar-refractivity contribution in [2.45, 2.75) is 44.4 Å². The number of methoxy groups -OCH3 is 1. The molecule has 19 heavy (non-hydrogen) atoms. The average molecular weight is 285 g/mol. The fraction of sp³-hybridized carbons (Fsp3) is 0.769. The van der Waals surface area contributed by atoms with Crippen molar-refractivity contribution in [3.8, 4) is 5.88 Å². The Hall–Kier alpha value is -0.850. The van der Waals surface area contributed by atoms with Gasteiger partial charge < -0.3 is 20.1 Å². The number of aliphatic hydroxyl groups is 1. The molecule has 1 fully saturated rings. The average Bonchev–Trinajstić information content (AvgIpc) is 2.81. The molecule has 0 radical (unpaired) electrons. The van der Waals surface area contributed by atoms with Crippen molar-refractivity contribution in [1.29, 1.82) is 0 Å². The molecule has 0 bridgehead atoms. The molecule has 2 atom stereocenters. The second-order valence-electron chi connectivity index (χ2n) is 5.16. The molecule has 1 aromatic rings. The highest BCUT2D eigenvalue weighted by Gasteiger charge is 2.23. The topological polar surface area (TPSA) is 57.6 Å². The Morgan fingerprint density at radius 3 is 2.79 bits per heavy atom. The van der Waals surface area contributed by atoms with Gasteiger partial charge in [-0.3, -0.25) is 0 Å². The summed E-state index contributed by atoms with van der Waals surface area (Å²) in [6.07, 6.45) is 4.05. The monoisotopic (exact) mass is 285 g/mol. The molecule has 0 amide bonds. The van der Waals surface area contributed by atoms with Crippen LogP contribution in [-0.4, -0.2) is 43.4 Å². The van der Waals surface area contributed by atoms with Gasteiger partial charge >= 0.3 is 0 Å². The number of nitrogens with zero attached hydrogens (tertiary/aromatic N) is 2. The Morgan fingerprint density at radius 1 is 1.42 bits per heavy atom. The standard InChI is InChI=1S/C13H23N3O2S/c1-16(2)13-15-12(18-3)11(19-13)8-14-9-6-4-5-7-10(9)17/h9-10,14,17H,4-8H2,1-3H3. The Balaban J connectivity index is 1.98. The summed E-state index contributed by atoms with van der Waals surface area (Å²) in [5.41, 5.74) is 0. The first-order valence-corrected chi connectivity index (χ1v) is 7.56. The van der Waals surface area contributed by atoms with Crippen molar-refractivity contribution in [3.63, 3.8) is 0 Å². The molecule has 0 spiro atoms. The van der Waals surface area contributed by atoms with Crippen molar-refractivity contribution < 1.29 is 9.84 Å². The molecule has 108 valence electrons. The summed E-state index contributed by atoms with van der Waals surface area (Å²) in [7, 11) is 5.59. The fourth-order valence-electron chi connectivity index (χ4n) is 2.36. The van der Waals surface area contributed by atoms with E-state index in [2.05, 4.69) is 10.3 Å². The minimum Gasteiger partial charge on any atom is -0.480 e. The normalized spacial score (nSPS) is 23.4. The Kier molecular flexibility index (Phi) is 5.01. The molecule has 5 nitrogen and oxygen atoms in total. The zero-order valence-electron chi connectivity index (χ0n) is 11.8. The summed E-state index contributed by atoms with van der Waals surface area (Å²) in [6, 6.07) is 0.198. The van der Waals surface area contributed by atoms with Crippen LogP contribution in [0, 0.1) is 0 Å². The molecule has 1 heterocycles. The molecule has 1 aliphatic carbocycles. The second kappa shape index (κ2) is 6.54. The second-order valence-corrected chi connectivity index (χ2v) is 6.22. The third-order valence-corrected chi connectivity index (χ3v) is 4.68. The van der Waals surface area contributed by atoms with Gasteiger partial charge in [-0.1, -0.05) is 24.2 Å². The highest BCUT2D eigenvalue weighted by molar-refractivity contribution is 7.15. The summed E-state index contributed by atoms with van der Waals surface area (Å²) < 4.78 is 5.31. The highest BCUT2D eigenvalue weighted by atomic mass is 32.1. The van der Waals surface area contributed by atoms with E-state index >= 15 is 0 Å². The first-order valence-electron chi connectivity index (χ1n) is 6.74. The van der Waals surface area contributed by atoms with Crippen LogP contribution in [0.25, 0.3) is 0 Å². The van der Waals surface area contributed by atoms with Crippen LogP contribution in [0.15, 0.2) is 0 Å². The first-order chi connectivity index (χ1) is 9.11. The Labute approximate surface area is 118 Å². The molecule has 2 N–H and O–H groups in total. The lowest BCUT2D eigenvalue weighted by Crippen LogP contribution is -2.41. The van der Waals surface area contributed by atoms with Crippen LogP contribution < -0.4 is 15.0 Å². The minimum atomic E-state index is -0.221. The molecule has 0 aromatic carbocycles. The lowest BCUT2D eigenvalue weighted by molar-refractivity contribution is 0.0903. The maximum Gasteiger partial charge on any atom is 0.230 e. The van der Waals surface area contributed by atoms with Gasteiger partial charge in [0.15, 0.2) is 5.13 Å². The molecule has 6 heteroatoms. The van der Waals surface area contributed by atoms with Gasteiger partial charge in [-0.25, -0.2) is 0 Å². The number of hydrogen-bond acceptors (Lipinski definition) is 6. The summed E-state index contributed by atoms with van der Waals surface area (Å²) in [6.45, 7) is 0.705. The molecule has 0 saturated heterocycles. The van der Waals surface area contributed by atoms with E-state index in [1.165, 1.54) is 6.42 Å². The Morgan fingerprint density at radius 2 is 2.16 bits per heavy atom. The van der Waals surface area contributed by atoms with Gasteiger partial charge in [-0.15, -0.1) is 0 Å². The maximum atomic E-state index is 9.95. The first kappa shape index (κ1) is 14.6. The molecule has 1 aliphatic rings. The number of hydrogen-bond donors (Lipinski definition) is 2. The smallest absolute Gasteiger partial charge is 0.230 e. The molecular weight excluding hydrogens is 262 g/mol. The van der Waals surface area contributed by atoms with E-state index in [9.17, 15) is 5.11 Å². The van der Waals surface area contributed by atoms with E-state index in [-0.39, 0.29) is 12.1 Å². The zero-order valence-corrected chi connectivity index (χ0v) is 12.7. The van der Waals surface area contributed by atoms with Crippen LogP contribution in [0.3, 0.4) is 0 Å². The van der Waals surface area contributed by atoms with Crippen LogP contribution in [0.2, 0.25) is 0 Å². The van der Waals surface area contributed by atoms with Gasteiger partial charge in [0.2, 0.25) is 5.88 Å².